The molecule has 0 saturated heterocycles. The number of benzene rings is 1. The summed E-state index contributed by atoms with van der Waals surface area (Å²) in [5, 5.41) is 6.60. The van der Waals surface area contributed by atoms with E-state index in [1.165, 1.54) is 0 Å². The highest BCUT2D eigenvalue weighted by atomic mass is 32.2. The van der Waals surface area contributed by atoms with Crippen molar-refractivity contribution < 1.29 is 9.59 Å². The van der Waals surface area contributed by atoms with Crippen LogP contribution in [0.5, 0.6) is 0 Å². The number of hydrogen-bond acceptors (Lipinski definition) is 4. The molecule has 138 valence electrons. The molecule has 0 fully saturated rings. The number of nitrogens with zero attached hydrogens (tertiary/aromatic N) is 1. The van der Waals surface area contributed by atoms with Gasteiger partial charge in [0, 0.05) is 6.42 Å². The van der Waals surface area contributed by atoms with Crippen molar-refractivity contribution >= 4 is 29.3 Å². The second-order valence-corrected chi connectivity index (χ2v) is 7.60. The van der Waals surface area contributed by atoms with Gasteiger partial charge in [0.2, 0.25) is 5.91 Å². The van der Waals surface area contributed by atoms with E-state index in [1.807, 2.05) is 56.3 Å². The van der Waals surface area contributed by atoms with E-state index in [0.29, 0.717) is 12.1 Å². The van der Waals surface area contributed by atoms with E-state index in [1.54, 1.807) is 18.0 Å². The molecule has 0 aliphatic heterocycles. The van der Waals surface area contributed by atoms with Crippen LogP contribution in [0.1, 0.15) is 38.8 Å². The van der Waals surface area contributed by atoms with E-state index < -0.39 is 6.04 Å². The first-order valence-corrected chi connectivity index (χ1v) is 9.72. The number of hydrogen-bond donors (Lipinski definition) is 2. The van der Waals surface area contributed by atoms with Gasteiger partial charge in [-0.25, -0.2) is 4.98 Å². The summed E-state index contributed by atoms with van der Waals surface area (Å²) in [6.07, 6.45) is 2.01. The fourth-order valence-corrected chi connectivity index (χ4v) is 3.03. The van der Waals surface area contributed by atoms with Gasteiger partial charge in [-0.3, -0.25) is 9.59 Å². The number of amides is 2. The van der Waals surface area contributed by atoms with Crippen molar-refractivity contribution in [2.24, 2.45) is 5.92 Å². The van der Waals surface area contributed by atoms with E-state index in [0.717, 1.165) is 16.3 Å². The fraction of sp³-hybridized carbons (Fsp3) is 0.350. The van der Waals surface area contributed by atoms with Crippen LogP contribution in [-0.2, 0) is 9.59 Å². The summed E-state index contributed by atoms with van der Waals surface area (Å²) in [6.45, 7) is 6.00. The summed E-state index contributed by atoms with van der Waals surface area (Å²) in [4.78, 5) is 29.3. The minimum atomic E-state index is -0.743. The number of thioether (sulfide) groups is 1. The Hall–Kier alpha value is -2.34. The first kappa shape index (κ1) is 20.0. The van der Waals surface area contributed by atoms with Gasteiger partial charge in [0.25, 0.3) is 5.91 Å². The van der Waals surface area contributed by atoms with Crippen LogP contribution in [0.25, 0.3) is 0 Å². The lowest BCUT2D eigenvalue weighted by molar-refractivity contribution is -0.127. The van der Waals surface area contributed by atoms with Crippen molar-refractivity contribution in [2.75, 3.05) is 11.1 Å². The molecule has 2 aromatic rings. The molecule has 0 spiro atoms. The first-order chi connectivity index (χ1) is 12.5. The molecule has 2 amide bonds. The Morgan fingerprint density at radius 3 is 2.42 bits per heavy atom. The van der Waals surface area contributed by atoms with Crippen LogP contribution in [0.2, 0.25) is 0 Å². The summed E-state index contributed by atoms with van der Waals surface area (Å²) in [7, 11) is 0. The maximum atomic E-state index is 12.8. The third-order valence-electron chi connectivity index (χ3n) is 3.59. The van der Waals surface area contributed by atoms with Crippen molar-refractivity contribution in [3.63, 3.8) is 0 Å². The molecule has 1 heterocycles. The maximum absolute atomic E-state index is 12.8. The van der Waals surface area contributed by atoms with Crippen LogP contribution >= 0.6 is 11.8 Å². The molecule has 26 heavy (non-hydrogen) atoms. The van der Waals surface area contributed by atoms with Crippen molar-refractivity contribution in [1.29, 1.82) is 0 Å². The molecule has 1 aromatic heterocycles. The second-order valence-electron chi connectivity index (χ2n) is 6.32. The summed E-state index contributed by atoms with van der Waals surface area (Å²) in [5.41, 5.74) is 1.35. The zero-order valence-corrected chi connectivity index (χ0v) is 16.2. The molecule has 0 radical (unpaired) electrons. The Kier molecular flexibility index (Phi) is 7.66. The topological polar surface area (TPSA) is 71.1 Å². The van der Waals surface area contributed by atoms with E-state index in [9.17, 15) is 9.59 Å². The third kappa shape index (κ3) is 6.19. The average Bonchev–Trinajstić information content (AvgIpc) is 2.61. The van der Waals surface area contributed by atoms with Gasteiger partial charge in [-0.1, -0.05) is 51.1 Å². The molecule has 1 unspecified atom stereocenters. The molecule has 1 atom stereocenters. The minimum absolute atomic E-state index is 0.142. The number of anilines is 1. The Morgan fingerprint density at radius 1 is 1.12 bits per heavy atom. The largest absolute Gasteiger partial charge is 0.341 e. The van der Waals surface area contributed by atoms with Gasteiger partial charge < -0.3 is 10.6 Å². The van der Waals surface area contributed by atoms with Crippen LogP contribution in [-0.4, -0.2) is 22.6 Å². The number of pyridine rings is 1. The Bertz CT molecular complexity index is 718. The van der Waals surface area contributed by atoms with Gasteiger partial charge in [0.05, 0.1) is 16.9 Å². The highest BCUT2D eigenvalue weighted by Crippen LogP contribution is 2.19. The molecule has 0 bridgehead atoms. The Labute approximate surface area is 159 Å². The molecule has 2 rings (SSSR count). The van der Waals surface area contributed by atoms with E-state index >= 15 is 0 Å². The second kappa shape index (κ2) is 9.97. The first-order valence-electron chi connectivity index (χ1n) is 8.73. The summed E-state index contributed by atoms with van der Waals surface area (Å²) >= 11 is 1.64. The van der Waals surface area contributed by atoms with Crippen LogP contribution in [0.4, 0.5) is 5.69 Å². The molecule has 1 aromatic carbocycles. The van der Waals surface area contributed by atoms with Gasteiger partial charge in [-0.15, -0.1) is 11.8 Å². The highest BCUT2D eigenvalue weighted by molar-refractivity contribution is 7.99. The lowest BCUT2D eigenvalue weighted by Crippen LogP contribution is -2.37. The summed E-state index contributed by atoms with van der Waals surface area (Å²) in [5.74, 6) is 0.738. The zero-order chi connectivity index (χ0) is 18.9. The SMILES string of the molecule is CCSc1ccc(NC(=O)C(NC(=O)CC(C)C)c2ccccc2)cn1. The predicted molar refractivity (Wildman–Crippen MR) is 106 cm³/mol. The molecular weight excluding hydrogens is 346 g/mol. The number of aromatic nitrogens is 1. The van der Waals surface area contributed by atoms with Gasteiger partial charge in [-0.2, -0.15) is 0 Å². The predicted octanol–water partition coefficient (Wildman–Crippen LogP) is 4.04. The van der Waals surface area contributed by atoms with Crippen LogP contribution < -0.4 is 10.6 Å². The van der Waals surface area contributed by atoms with Gasteiger partial charge in [0.1, 0.15) is 6.04 Å². The standard InChI is InChI=1S/C20H25N3O2S/c1-4-26-18-11-10-16(13-21-18)22-20(25)19(15-8-6-5-7-9-15)23-17(24)12-14(2)3/h5-11,13-14,19H,4,12H2,1-3H3,(H,22,25)(H,23,24). The minimum Gasteiger partial charge on any atom is -0.341 e. The lowest BCUT2D eigenvalue weighted by atomic mass is 10.0. The number of nitrogens with one attached hydrogen (secondary N) is 2. The average molecular weight is 372 g/mol. The molecule has 2 N–H and O–H groups in total. The van der Waals surface area contributed by atoms with Crippen LogP contribution in [0.15, 0.2) is 53.7 Å². The van der Waals surface area contributed by atoms with Crippen molar-refractivity contribution in [1.82, 2.24) is 10.3 Å². The Morgan fingerprint density at radius 2 is 1.85 bits per heavy atom. The van der Waals surface area contributed by atoms with Crippen molar-refractivity contribution in [3.8, 4) is 0 Å². The quantitative estimate of drug-likeness (QED) is 0.687. The van der Waals surface area contributed by atoms with E-state index in [-0.39, 0.29) is 17.7 Å². The monoisotopic (exact) mass is 371 g/mol. The highest BCUT2D eigenvalue weighted by Gasteiger charge is 2.23. The Balaban J connectivity index is 2.13. The normalized spacial score (nSPS) is 11.8. The van der Waals surface area contributed by atoms with Gasteiger partial charge in [-0.05, 0) is 29.4 Å². The fourth-order valence-electron chi connectivity index (χ4n) is 2.44. The van der Waals surface area contributed by atoms with E-state index in [4.69, 9.17) is 0 Å². The molecule has 0 aliphatic rings. The molecule has 0 saturated carbocycles. The van der Waals surface area contributed by atoms with E-state index in [2.05, 4.69) is 22.5 Å². The molecular formula is C20H25N3O2S. The summed E-state index contributed by atoms with van der Waals surface area (Å²) < 4.78 is 0. The molecule has 5 nitrogen and oxygen atoms in total. The summed E-state index contributed by atoms with van der Waals surface area (Å²) in [6, 6.07) is 12.2. The molecule has 0 aliphatic carbocycles. The zero-order valence-electron chi connectivity index (χ0n) is 15.4. The van der Waals surface area contributed by atoms with Gasteiger partial charge in [0.15, 0.2) is 0 Å². The number of rotatable bonds is 8. The third-order valence-corrected chi connectivity index (χ3v) is 4.42. The lowest BCUT2D eigenvalue weighted by Gasteiger charge is -2.19. The number of carbonyl (C=O) groups excluding carboxylic acids is 2. The smallest absolute Gasteiger partial charge is 0.251 e. The van der Waals surface area contributed by atoms with Crippen molar-refractivity contribution in [2.45, 2.75) is 38.3 Å². The molecule has 6 heteroatoms. The van der Waals surface area contributed by atoms with Gasteiger partial charge >= 0.3 is 0 Å². The van der Waals surface area contributed by atoms with Crippen molar-refractivity contribution in [3.05, 3.63) is 54.2 Å². The van der Waals surface area contributed by atoms with Crippen LogP contribution in [0.3, 0.4) is 0 Å². The maximum Gasteiger partial charge on any atom is 0.251 e. The number of carbonyl (C=O) groups is 2. The van der Waals surface area contributed by atoms with Crippen LogP contribution in [0, 0.1) is 5.92 Å².